The molecule has 0 aliphatic heterocycles. The average Bonchev–Trinajstić information content (AvgIpc) is 2.16. The first-order chi connectivity index (χ1) is 6.56. The number of hydrogen-bond acceptors (Lipinski definition) is 4. The number of carboxylic acid groups (broad SMARTS) is 1. The minimum absolute atomic E-state index is 0.0972. The van der Waals surface area contributed by atoms with Crippen molar-refractivity contribution in [3.8, 4) is 0 Å². The summed E-state index contributed by atoms with van der Waals surface area (Å²) in [5.74, 6) is 0.526. The Morgan fingerprint density at radius 2 is 2.36 bits per heavy atom. The van der Waals surface area contributed by atoms with E-state index in [1.165, 1.54) is 0 Å². The molecule has 0 spiro atoms. The number of carbonyl (C=O) groups is 1. The number of hydrogen-bond donors (Lipinski definition) is 2. The van der Waals surface area contributed by atoms with E-state index in [-0.39, 0.29) is 11.1 Å². The topological polar surface area (TPSA) is 104 Å². The molecule has 0 aromatic heterocycles. The van der Waals surface area contributed by atoms with E-state index in [4.69, 9.17) is 10.5 Å². The summed E-state index contributed by atoms with van der Waals surface area (Å²) in [7, 11) is 0. The molecule has 0 aromatic rings. The highest BCUT2D eigenvalue weighted by Gasteiger charge is 2.21. The summed E-state index contributed by atoms with van der Waals surface area (Å²) >= 11 is 0. The number of nitrogens with one attached hydrogen (secondary N) is 1. The number of carboxylic acids is 1. The third-order valence-electron chi connectivity index (χ3n) is 1.49. The van der Waals surface area contributed by atoms with Gasteiger partial charge in [0.2, 0.25) is 0 Å². The standard InChI is InChI=1S/C8H4N2O4/c9-4-6-2-1-5(8(11)12)3-7(6)10(13)14/h2-3,9H,(H,11,12). The van der Waals surface area contributed by atoms with Crippen LogP contribution in [0.25, 0.3) is 0 Å². The van der Waals surface area contributed by atoms with Gasteiger partial charge in [0.15, 0.2) is 0 Å². The van der Waals surface area contributed by atoms with E-state index in [1.807, 2.05) is 5.87 Å². The monoisotopic (exact) mass is 192 g/mol. The zero-order chi connectivity index (χ0) is 10.7. The summed E-state index contributed by atoms with van der Waals surface area (Å²) in [5, 5.41) is 25.7. The van der Waals surface area contributed by atoms with Gasteiger partial charge in [0.05, 0.1) is 4.92 Å². The Kier molecular flexibility index (Phi) is 2.44. The van der Waals surface area contributed by atoms with Crippen molar-refractivity contribution in [3.63, 3.8) is 0 Å². The molecule has 6 heteroatoms. The number of aliphatic carboxylic acids is 1. The summed E-state index contributed by atoms with van der Waals surface area (Å²) < 4.78 is 0. The lowest BCUT2D eigenvalue weighted by molar-refractivity contribution is -0.420. The first-order valence-electron chi connectivity index (χ1n) is 3.42. The SMILES string of the molecule is N=C=C1C=C=C(C(=O)O)C=C1[N+](=O)[O-]. The molecule has 0 amide bonds. The molecular weight excluding hydrogens is 188 g/mol. The van der Waals surface area contributed by atoms with Gasteiger partial charge >= 0.3 is 5.97 Å². The van der Waals surface area contributed by atoms with E-state index in [0.29, 0.717) is 0 Å². The van der Waals surface area contributed by atoms with E-state index in [2.05, 4.69) is 5.73 Å². The predicted molar refractivity (Wildman–Crippen MR) is 45.5 cm³/mol. The second kappa shape index (κ2) is 3.53. The van der Waals surface area contributed by atoms with Gasteiger partial charge in [0, 0.05) is 12.2 Å². The van der Waals surface area contributed by atoms with Crippen LogP contribution >= 0.6 is 0 Å². The zero-order valence-corrected chi connectivity index (χ0v) is 6.77. The third-order valence-corrected chi connectivity index (χ3v) is 1.49. The first kappa shape index (κ1) is 9.67. The van der Waals surface area contributed by atoms with Crippen LogP contribution in [0.15, 0.2) is 34.7 Å². The quantitative estimate of drug-likeness (QED) is 0.287. The van der Waals surface area contributed by atoms with Gasteiger partial charge < -0.3 is 5.11 Å². The summed E-state index contributed by atoms with van der Waals surface area (Å²) in [5.41, 5.74) is 1.43. The van der Waals surface area contributed by atoms with Crippen molar-refractivity contribution in [3.05, 3.63) is 44.8 Å². The molecule has 1 rings (SSSR count). The van der Waals surface area contributed by atoms with Gasteiger partial charge in [-0.05, 0) is 5.87 Å². The highest BCUT2D eigenvalue weighted by Crippen LogP contribution is 2.16. The van der Waals surface area contributed by atoms with Crippen molar-refractivity contribution in [1.82, 2.24) is 0 Å². The van der Waals surface area contributed by atoms with Crippen LogP contribution in [0.4, 0.5) is 0 Å². The summed E-state index contributed by atoms with van der Waals surface area (Å²) in [6.07, 6.45) is 1.90. The minimum atomic E-state index is -1.30. The fourth-order valence-electron chi connectivity index (χ4n) is 0.855. The first-order valence-corrected chi connectivity index (χ1v) is 3.42. The number of allylic oxidation sites excluding steroid dienone is 1. The maximum Gasteiger partial charge on any atom is 0.343 e. The lowest BCUT2D eigenvalue weighted by atomic mass is 10.1. The van der Waals surface area contributed by atoms with Crippen LogP contribution in [0, 0.1) is 15.5 Å². The molecule has 1 aliphatic carbocycles. The highest BCUT2D eigenvalue weighted by atomic mass is 16.6. The van der Waals surface area contributed by atoms with Gasteiger partial charge in [-0.15, -0.1) is 5.73 Å². The predicted octanol–water partition coefficient (Wildman–Crippen LogP) is 0.502. The van der Waals surface area contributed by atoms with E-state index in [0.717, 1.165) is 12.2 Å². The molecule has 14 heavy (non-hydrogen) atoms. The van der Waals surface area contributed by atoms with E-state index in [1.54, 1.807) is 0 Å². The Morgan fingerprint density at radius 1 is 1.71 bits per heavy atom. The molecule has 6 nitrogen and oxygen atoms in total. The normalized spacial score (nSPS) is 14.1. The fourth-order valence-corrected chi connectivity index (χ4v) is 0.855. The van der Waals surface area contributed by atoms with Crippen LogP contribution in [-0.4, -0.2) is 21.9 Å². The van der Waals surface area contributed by atoms with Crippen LogP contribution < -0.4 is 0 Å². The lowest BCUT2D eigenvalue weighted by Crippen LogP contribution is -2.07. The highest BCUT2D eigenvalue weighted by molar-refractivity contribution is 5.91. The Labute approximate surface area is 77.8 Å². The molecule has 0 saturated carbocycles. The molecule has 70 valence electrons. The van der Waals surface area contributed by atoms with Crippen LogP contribution in [0.1, 0.15) is 0 Å². The van der Waals surface area contributed by atoms with Gasteiger partial charge in [-0.25, -0.2) is 4.79 Å². The van der Waals surface area contributed by atoms with Crippen molar-refractivity contribution >= 4 is 11.8 Å². The Balaban J connectivity index is 3.34. The Morgan fingerprint density at radius 3 is 2.79 bits per heavy atom. The van der Waals surface area contributed by atoms with Crippen LogP contribution in [0.3, 0.4) is 0 Å². The van der Waals surface area contributed by atoms with Gasteiger partial charge in [0.1, 0.15) is 11.1 Å². The molecule has 0 atom stereocenters. The van der Waals surface area contributed by atoms with E-state index < -0.39 is 16.6 Å². The largest absolute Gasteiger partial charge is 0.477 e. The van der Waals surface area contributed by atoms with E-state index >= 15 is 0 Å². The van der Waals surface area contributed by atoms with Gasteiger partial charge in [-0.1, -0.05) is 0 Å². The molecule has 0 unspecified atom stereocenters. The number of nitro groups is 1. The maximum absolute atomic E-state index is 10.5. The molecular formula is C8H4N2O4. The molecule has 0 saturated heterocycles. The fraction of sp³-hybridized carbons (Fsp3) is 0. The molecule has 0 radical (unpaired) electrons. The molecule has 0 aromatic carbocycles. The maximum atomic E-state index is 10.5. The second-order valence-corrected chi connectivity index (χ2v) is 2.33. The zero-order valence-electron chi connectivity index (χ0n) is 6.77. The number of nitrogens with zero attached hydrogens (tertiary/aromatic N) is 1. The molecule has 0 heterocycles. The Bertz CT molecular complexity index is 460. The van der Waals surface area contributed by atoms with Crippen molar-refractivity contribution in [2.45, 2.75) is 0 Å². The number of rotatable bonds is 2. The van der Waals surface area contributed by atoms with Crippen molar-refractivity contribution < 1.29 is 14.8 Å². The smallest absolute Gasteiger partial charge is 0.343 e. The third kappa shape index (κ3) is 1.67. The van der Waals surface area contributed by atoms with Crippen LogP contribution in [-0.2, 0) is 4.79 Å². The van der Waals surface area contributed by atoms with Crippen LogP contribution in [0.5, 0.6) is 0 Å². The summed E-state index contributed by atoms with van der Waals surface area (Å²) in [4.78, 5) is 20.1. The van der Waals surface area contributed by atoms with Crippen molar-refractivity contribution in [2.24, 2.45) is 0 Å². The van der Waals surface area contributed by atoms with Gasteiger partial charge in [-0.2, -0.15) is 0 Å². The molecule has 2 N–H and O–H groups in total. The van der Waals surface area contributed by atoms with Crippen molar-refractivity contribution in [1.29, 1.82) is 5.41 Å². The van der Waals surface area contributed by atoms with Crippen molar-refractivity contribution in [2.75, 3.05) is 0 Å². The average molecular weight is 192 g/mol. The van der Waals surface area contributed by atoms with E-state index in [9.17, 15) is 14.9 Å². The summed E-state index contributed by atoms with van der Waals surface area (Å²) in [6, 6.07) is 0. The summed E-state index contributed by atoms with van der Waals surface area (Å²) in [6.45, 7) is 0. The molecule has 0 bridgehead atoms. The lowest BCUT2D eigenvalue weighted by Gasteiger charge is -1.99. The second-order valence-electron chi connectivity index (χ2n) is 2.33. The van der Waals surface area contributed by atoms with Gasteiger partial charge in [-0.3, -0.25) is 15.5 Å². The molecule has 0 fully saturated rings. The van der Waals surface area contributed by atoms with Gasteiger partial charge in [0.25, 0.3) is 5.70 Å². The Hall–Kier alpha value is -2.42. The molecule has 1 aliphatic rings. The van der Waals surface area contributed by atoms with Crippen LogP contribution in [0.2, 0.25) is 0 Å². The minimum Gasteiger partial charge on any atom is -0.477 e.